The van der Waals surface area contributed by atoms with Crippen molar-refractivity contribution in [2.24, 2.45) is 0 Å². The van der Waals surface area contributed by atoms with E-state index in [1.165, 1.54) is 4.90 Å². The summed E-state index contributed by atoms with van der Waals surface area (Å²) in [5, 5.41) is 0.181. The average molecular weight is 408 g/mol. The van der Waals surface area contributed by atoms with E-state index in [0.29, 0.717) is 27.0 Å². The van der Waals surface area contributed by atoms with Crippen molar-refractivity contribution in [1.82, 2.24) is 9.88 Å². The van der Waals surface area contributed by atoms with Crippen molar-refractivity contribution in [3.8, 4) is 0 Å². The molecule has 2 aromatic rings. The highest BCUT2D eigenvalue weighted by Gasteiger charge is 2.17. The summed E-state index contributed by atoms with van der Waals surface area (Å²) < 4.78 is 6.69. The number of carbonyl (C=O) groups excluding carboxylic acids is 1. The second kappa shape index (κ2) is 6.07. The minimum Gasteiger partial charge on any atom is -0.452 e. The van der Waals surface area contributed by atoms with E-state index in [0.717, 1.165) is 0 Å². The molecule has 0 atom stereocenters. The van der Waals surface area contributed by atoms with Crippen LogP contribution in [0.1, 0.15) is 16.1 Å². The van der Waals surface area contributed by atoms with Crippen LogP contribution >= 0.6 is 43.5 Å². The lowest BCUT2D eigenvalue weighted by Gasteiger charge is -2.16. The molecule has 4 nitrogen and oxygen atoms in total. The smallest absolute Gasteiger partial charge is 0.257 e. The normalized spacial score (nSPS) is 10.5. The summed E-state index contributed by atoms with van der Waals surface area (Å²) in [5.74, 6) is 0.466. The maximum Gasteiger partial charge on any atom is 0.257 e. The van der Waals surface area contributed by atoms with Crippen LogP contribution in [0.25, 0.3) is 0 Å². The van der Waals surface area contributed by atoms with Crippen molar-refractivity contribution in [2.45, 2.75) is 6.54 Å². The standard InChI is InChI=1S/C12H9Br2ClN2O2/c1-17(6-8-2-3-10(14)19-8)12(18)9-4-7(13)5-16-11(9)15/h2-5H,6H2,1H3. The highest BCUT2D eigenvalue weighted by Crippen LogP contribution is 2.21. The SMILES string of the molecule is CN(Cc1ccc(Br)o1)C(=O)c1cc(Br)cnc1Cl. The van der Waals surface area contributed by atoms with Gasteiger partial charge in [0.1, 0.15) is 10.9 Å². The Labute approximate surface area is 132 Å². The number of hydrogen-bond donors (Lipinski definition) is 0. The van der Waals surface area contributed by atoms with Crippen LogP contribution in [-0.4, -0.2) is 22.8 Å². The van der Waals surface area contributed by atoms with Gasteiger partial charge in [0, 0.05) is 17.7 Å². The minimum atomic E-state index is -0.216. The van der Waals surface area contributed by atoms with Crippen molar-refractivity contribution < 1.29 is 9.21 Å². The fourth-order valence-electron chi connectivity index (χ4n) is 1.52. The van der Waals surface area contributed by atoms with E-state index in [9.17, 15) is 4.79 Å². The minimum absolute atomic E-state index is 0.181. The monoisotopic (exact) mass is 406 g/mol. The molecular weight excluding hydrogens is 399 g/mol. The van der Waals surface area contributed by atoms with Gasteiger partial charge in [-0.2, -0.15) is 0 Å². The molecule has 0 N–H and O–H groups in total. The van der Waals surface area contributed by atoms with Gasteiger partial charge >= 0.3 is 0 Å². The Bertz CT molecular complexity index is 616. The van der Waals surface area contributed by atoms with Gasteiger partial charge in [0.2, 0.25) is 0 Å². The first-order chi connectivity index (χ1) is 8.97. The van der Waals surface area contributed by atoms with Crippen molar-refractivity contribution in [3.05, 3.63) is 50.0 Å². The molecule has 2 aromatic heterocycles. The molecule has 19 heavy (non-hydrogen) atoms. The Kier molecular flexibility index (Phi) is 4.65. The van der Waals surface area contributed by atoms with Gasteiger partial charge in [-0.1, -0.05) is 11.6 Å². The zero-order chi connectivity index (χ0) is 14.0. The lowest BCUT2D eigenvalue weighted by atomic mass is 10.2. The molecular formula is C12H9Br2ClN2O2. The highest BCUT2D eigenvalue weighted by molar-refractivity contribution is 9.10. The lowest BCUT2D eigenvalue weighted by molar-refractivity contribution is 0.0774. The number of carbonyl (C=O) groups is 1. The first kappa shape index (κ1) is 14.6. The Balaban J connectivity index is 2.16. The number of pyridine rings is 1. The zero-order valence-electron chi connectivity index (χ0n) is 9.86. The van der Waals surface area contributed by atoms with Gasteiger partial charge in [0.25, 0.3) is 5.91 Å². The molecule has 7 heteroatoms. The Hall–Kier alpha value is -0.850. The average Bonchev–Trinajstić information content (AvgIpc) is 2.77. The molecule has 0 fully saturated rings. The number of halogens is 3. The first-order valence-electron chi connectivity index (χ1n) is 5.28. The topological polar surface area (TPSA) is 46.3 Å². The number of furan rings is 1. The number of hydrogen-bond acceptors (Lipinski definition) is 3. The molecule has 2 heterocycles. The summed E-state index contributed by atoms with van der Waals surface area (Å²) in [7, 11) is 1.68. The fourth-order valence-corrected chi connectivity index (χ4v) is 2.38. The molecule has 1 amide bonds. The molecule has 0 saturated carbocycles. The Morgan fingerprint density at radius 2 is 2.21 bits per heavy atom. The van der Waals surface area contributed by atoms with Crippen LogP contribution in [-0.2, 0) is 6.54 Å². The Morgan fingerprint density at radius 1 is 1.47 bits per heavy atom. The first-order valence-corrected chi connectivity index (χ1v) is 7.24. The molecule has 0 bridgehead atoms. The number of aromatic nitrogens is 1. The Morgan fingerprint density at radius 3 is 2.84 bits per heavy atom. The molecule has 0 radical (unpaired) electrons. The van der Waals surface area contributed by atoms with Crippen LogP contribution in [0.2, 0.25) is 5.15 Å². The van der Waals surface area contributed by atoms with Gasteiger partial charge in [0.05, 0.1) is 12.1 Å². The van der Waals surface area contributed by atoms with E-state index in [4.69, 9.17) is 16.0 Å². The molecule has 0 spiro atoms. The summed E-state index contributed by atoms with van der Waals surface area (Å²) in [6.07, 6.45) is 1.54. The summed E-state index contributed by atoms with van der Waals surface area (Å²) in [6.45, 7) is 0.354. The highest BCUT2D eigenvalue weighted by atomic mass is 79.9. The third kappa shape index (κ3) is 3.58. The van der Waals surface area contributed by atoms with Gasteiger partial charge < -0.3 is 9.32 Å². The van der Waals surface area contributed by atoms with Crippen LogP contribution < -0.4 is 0 Å². The molecule has 100 valence electrons. The van der Waals surface area contributed by atoms with Gasteiger partial charge in [-0.15, -0.1) is 0 Å². The molecule has 0 saturated heterocycles. The van der Waals surface area contributed by atoms with Crippen LogP contribution in [0, 0.1) is 0 Å². The maximum atomic E-state index is 12.3. The number of nitrogens with zero attached hydrogens (tertiary/aromatic N) is 2. The lowest BCUT2D eigenvalue weighted by Crippen LogP contribution is -2.26. The molecule has 0 aliphatic carbocycles. The van der Waals surface area contributed by atoms with Crippen LogP contribution in [0.15, 0.2) is 38.0 Å². The predicted octanol–water partition coefficient (Wildman–Crippen LogP) is 4.13. The van der Waals surface area contributed by atoms with E-state index in [1.807, 2.05) is 0 Å². The van der Waals surface area contributed by atoms with Crippen molar-refractivity contribution in [2.75, 3.05) is 7.05 Å². The van der Waals surface area contributed by atoms with Crippen LogP contribution in [0.5, 0.6) is 0 Å². The van der Waals surface area contributed by atoms with Crippen LogP contribution in [0.3, 0.4) is 0 Å². The van der Waals surface area contributed by atoms with Crippen molar-refractivity contribution >= 4 is 49.4 Å². The van der Waals surface area contributed by atoms with Gasteiger partial charge in [-0.25, -0.2) is 4.98 Å². The second-order valence-corrected chi connectivity index (χ2v) is 5.91. The van der Waals surface area contributed by atoms with Crippen molar-refractivity contribution in [3.63, 3.8) is 0 Å². The second-order valence-electron chi connectivity index (χ2n) is 3.86. The van der Waals surface area contributed by atoms with E-state index in [2.05, 4.69) is 36.8 Å². The van der Waals surface area contributed by atoms with E-state index < -0.39 is 0 Å². The fraction of sp³-hybridized carbons (Fsp3) is 0.167. The number of amides is 1. The summed E-state index contributed by atoms with van der Waals surface area (Å²) in [4.78, 5) is 17.7. The van der Waals surface area contributed by atoms with Gasteiger partial charge in [0.15, 0.2) is 4.67 Å². The third-order valence-corrected chi connectivity index (χ3v) is 3.57. The van der Waals surface area contributed by atoms with E-state index in [1.54, 1.807) is 31.4 Å². The molecule has 2 rings (SSSR count). The molecule has 0 aliphatic heterocycles. The van der Waals surface area contributed by atoms with E-state index in [-0.39, 0.29) is 11.1 Å². The quantitative estimate of drug-likeness (QED) is 0.718. The summed E-state index contributed by atoms with van der Waals surface area (Å²) in [5.41, 5.74) is 0.351. The summed E-state index contributed by atoms with van der Waals surface area (Å²) in [6, 6.07) is 5.22. The van der Waals surface area contributed by atoms with E-state index >= 15 is 0 Å². The number of rotatable bonds is 3. The predicted molar refractivity (Wildman–Crippen MR) is 79.2 cm³/mol. The molecule has 0 aliphatic rings. The maximum absolute atomic E-state index is 12.3. The van der Waals surface area contributed by atoms with Gasteiger partial charge in [-0.05, 0) is 50.1 Å². The largest absolute Gasteiger partial charge is 0.452 e. The zero-order valence-corrected chi connectivity index (χ0v) is 13.8. The molecule has 0 unspecified atom stereocenters. The van der Waals surface area contributed by atoms with Crippen molar-refractivity contribution in [1.29, 1.82) is 0 Å². The van der Waals surface area contributed by atoms with Gasteiger partial charge in [-0.3, -0.25) is 4.79 Å². The van der Waals surface area contributed by atoms with Crippen LogP contribution in [0.4, 0.5) is 0 Å². The molecule has 0 aromatic carbocycles. The summed E-state index contributed by atoms with van der Waals surface area (Å²) >= 11 is 12.4. The third-order valence-electron chi connectivity index (χ3n) is 2.40.